The number of fused-ring (bicyclic) bond motifs is 7. The van der Waals surface area contributed by atoms with E-state index in [1.165, 1.54) is 38.3 Å². The fourth-order valence-corrected chi connectivity index (χ4v) is 7.46. The summed E-state index contributed by atoms with van der Waals surface area (Å²) in [5, 5.41) is 1.000. The zero-order chi connectivity index (χ0) is 39.1. The summed E-state index contributed by atoms with van der Waals surface area (Å²) in [5.74, 6) is 0.114. The molecule has 2 unspecified atom stereocenters. The number of benzene rings is 2. The summed E-state index contributed by atoms with van der Waals surface area (Å²) in [6.07, 6.45) is 5.26. The van der Waals surface area contributed by atoms with Crippen molar-refractivity contribution in [2.75, 3.05) is 27.9 Å². The second kappa shape index (κ2) is 21.1. The van der Waals surface area contributed by atoms with Gasteiger partial charge < -0.3 is 30.3 Å². The first kappa shape index (κ1) is 44.5. The minimum Gasteiger partial charge on any atom is -0.497 e. The number of amides is 1. The third kappa shape index (κ3) is 10.7. The van der Waals surface area contributed by atoms with E-state index in [0.29, 0.717) is 18.9 Å². The number of nitrogens with zero attached hydrogens (tertiary/aromatic N) is 1. The lowest BCUT2D eigenvalue weighted by molar-refractivity contribution is -0.133. The molecule has 3 aliphatic rings. The van der Waals surface area contributed by atoms with Crippen molar-refractivity contribution >= 4 is 29.4 Å². The van der Waals surface area contributed by atoms with Crippen molar-refractivity contribution in [3.8, 4) is 17.0 Å². The molecular formula is C41H60F3N3O5. The summed E-state index contributed by atoms with van der Waals surface area (Å²) < 4.78 is 50.8. The molecule has 1 aliphatic heterocycles. The lowest BCUT2D eigenvalue weighted by Gasteiger charge is -2.24. The van der Waals surface area contributed by atoms with Crippen molar-refractivity contribution in [1.82, 2.24) is 4.57 Å². The third-order valence-corrected chi connectivity index (χ3v) is 10.1. The summed E-state index contributed by atoms with van der Waals surface area (Å²) in [5.41, 5.74) is 15.1. The number of carbonyl (C=O) groups is 3. The predicted octanol–water partition coefficient (Wildman–Crippen LogP) is 9.49. The van der Waals surface area contributed by atoms with Crippen LogP contribution in [-0.4, -0.2) is 57.1 Å². The van der Waals surface area contributed by atoms with Crippen molar-refractivity contribution in [2.24, 2.45) is 16.9 Å². The molecule has 1 aromatic heterocycles. The van der Waals surface area contributed by atoms with E-state index >= 15 is 0 Å². The molecule has 2 aromatic carbocycles. The summed E-state index contributed by atoms with van der Waals surface area (Å²) in [6.45, 7) is 9.78. The zero-order valence-electron chi connectivity index (χ0n) is 32.0. The molecule has 2 saturated carbocycles. The van der Waals surface area contributed by atoms with E-state index in [1.807, 2.05) is 25.0 Å². The molecule has 3 aromatic rings. The highest BCUT2D eigenvalue weighted by atomic mass is 19.4. The van der Waals surface area contributed by atoms with Crippen LogP contribution >= 0.6 is 0 Å². The van der Waals surface area contributed by atoms with Crippen molar-refractivity contribution in [1.29, 1.82) is 0 Å². The highest BCUT2D eigenvalue weighted by molar-refractivity contribution is 6.02. The molecule has 2 aliphatic carbocycles. The van der Waals surface area contributed by atoms with Crippen LogP contribution in [0.5, 0.6) is 5.75 Å². The Morgan fingerprint density at radius 3 is 2.12 bits per heavy atom. The van der Waals surface area contributed by atoms with Crippen molar-refractivity contribution < 1.29 is 37.0 Å². The maximum Gasteiger partial charge on any atom is 0.389 e. The minimum atomic E-state index is -4.39. The number of primary amides is 1. The zero-order valence-corrected chi connectivity index (χ0v) is 32.0. The first-order valence-corrected chi connectivity index (χ1v) is 18.6. The smallest absolute Gasteiger partial charge is 0.389 e. The number of nitrogens with two attached hydrogens (primary N) is 2. The number of carbonyl (C=O) groups excluding carboxylic acids is 3. The number of rotatable bonds is 10. The first-order chi connectivity index (χ1) is 25.0. The van der Waals surface area contributed by atoms with Gasteiger partial charge in [-0.3, -0.25) is 9.59 Å². The molecular weight excluding hydrogens is 671 g/mol. The summed E-state index contributed by atoms with van der Waals surface area (Å²) in [6, 6.07) is 11.3. The van der Waals surface area contributed by atoms with Gasteiger partial charge in [0.1, 0.15) is 12.5 Å². The van der Waals surface area contributed by atoms with E-state index in [0.717, 1.165) is 72.2 Å². The highest BCUT2D eigenvalue weighted by Gasteiger charge is 2.62. The average Bonchev–Trinajstić information content (AvgIpc) is 3.84. The van der Waals surface area contributed by atoms with Crippen LogP contribution in [0.15, 0.2) is 36.4 Å². The maximum absolute atomic E-state index is 12.9. The van der Waals surface area contributed by atoms with Gasteiger partial charge in [0.25, 0.3) is 0 Å². The quantitative estimate of drug-likeness (QED) is 0.200. The Bertz CT molecular complexity index is 1570. The molecule has 0 bridgehead atoms. The Morgan fingerprint density at radius 2 is 1.62 bits per heavy atom. The largest absolute Gasteiger partial charge is 0.497 e. The van der Waals surface area contributed by atoms with Crippen LogP contribution in [0.4, 0.5) is 13.2 Å². The van der Waals surface area contributed by atoms with Gasteiger partial charge >= 0.3 is 6.18 Å². The van der Waals surface area contributed by atoms with Gasteiger partial charge in [-0.25, -0.2) is 0 Å². The third-order valence-electron chi connectivity index (χ3n) is 10.1. The second-order valence-corrected chi connectivity index (χ2v) is 13.5. The molecule has 52 heavy (non-hydrogen) atoms. The van der Waals surface area contributed by atoms with Gasteiger partial charge in [0, 0.05) is 54.6 Å². The summed E-state index contributed by atoms with van der Waals surface area (Å²) in [7, 11) is 4.83. The Kier molecular flexibility index (Phi) is 18.1. The maximum atomic E-state index is 12.9. The van der Waals surface area contributed by atoms with Crippen molar-refractivity contribution in [3.05, 3.63) is 53.1 Å². The number of ether oxygens (including phenoxy) is 2. The van der Waals surface area contributed by atoms with E-state index < -0.39 is 30.2 Å². The number of unbranched alkanes of at least 4 members (excludes halogenated alkanes) is 2. The number of Topliss-reactive ketones (excluding diaryl/α,β-unsaturated/α-hetero) is 1. The van der Waals surface area contributed by atoms with Crippen LogP contribution in [0, 0.1) is 5.41 Å². The molecule has 2 heterocycles. The van der Waals surface area contributed by atoms with E-state index in [4.69, 9.17) is 20.0 Å². The van der Waals surface area contributed by atoms with Gasteiger partial charge in [-0.05, 0) is 74.0 Å². The molecule has 2 fully saturated rings. The van der Waals surface area contributed by atoms with Crippen LogP contribution in [-0.2, 0) is 20.9 Å². The van der Waals surface area contributed by atoms with Gasteiger partial charge in [0.2, 0.25) is 5.91 Å². The van der Waals surface area contributed by atoms with Crippen LogP contribution in [0.3, 0.4) is 0 Å². The molecule has 0 saturated heterocycles. The lowest BCUT2D eigenvalue weighted by atomic mass is 9.81. The van der Waals surface area contributed by atoms with Crippen LogP contribution in [0.1, 0.15) is 131 Å². The normalized spacial score (nSPS) is 18.5. The number of ketones is 1. The minimum absolute atomic E-state index is 0.0316. The second-order valence-electron chi connectivity index (χ2n) is 13.5. The van der Waals surface area contributed by atoms with Crippen LogP contribution in [0.2, 0.25) is 0 Å². The Hall–Kier alpha value is -3.70. The molecule has 2 atom stereocenters. The summed E-state index contributed by atoms with van der Waals surface area (Å²) >= 11 is 0. The van der Waals surface area contributed by atoms with Gasteiger partial charge in [0.15, 0.2) is 5.78 Å². The van der Waals surface area contributed by atoms with Gasteiger partial charge in [-0.2, -0.15) is 13.2 Å². The number of aromatic nitrogens is 1. The average molecular weight is 732 g/mol. The van der Waals surface area contributed by atoms with Crippen molar-refractivity contribution in [3.63, 3.8) is 0 Å². The molecule has 4 N–H and O–H groups in total. The van der Waals surface area contributed by atoms with Gasteiger partial charge in [0.05, 0.1) is 24.6 Å². The Morgan fingerprint density at radius 1 is 0.962 bits per heavy atom. The van der Waals surface area contributed by atoms with E-state index in [9.17, 15) is 22.8 Å². The first-order valence-electron chi connectivity index (χ1n) is 18.6. The molecule has 0 spiro atoms. The molecule has 0 radical (unpaired) electrons. The fraction of sp³-hybridized carbons (Fsp3) is 0.585. The predicted molar refractivity (Wildman–Crippen MR) is 203 cm³/mol. The molecule has 1 amide bonds. The van der Waals surface area contributed by atoms with Crippen LogP contribution in [0.25, 0.3) is 22.2 Å². The topological polar surface area (TPSA) is 127 Å². The monoisotopic (exact) mass is 731 g/mol. The Labute approximate surface area is 307 Å². The van der Waals surface area contributed by atoms with Gasteiger partial charge in [-0.15, -0.1) is 0 Å². The molecule has 8 nitrogen and oxygen atoms in total. The van der Waals surface area contributed by atoms with Crippen molar-refractivity contribution in [2.45, 2.75) is 122 Å². The van der Waals surface area contributed by atoms with Crippen LogP contribution < -0.4 is 16.2 Å². The standard InChI is InChI=1S/C30H31F3N2O3.C5H12.C4H10O.CH5N.CH2O/c1-38-19-8-10-20-22(14-19)23-15-29(23,28(34)37)16-35-24-13-18(25(36)11-12-30(31,32)33)7-9-21(24)26(27(20)35)17-5-3-2-4-6-17;1-3-5-4-2;1-3-4-5-2;2*1-2/h7-10,13-14,17,23H,2-6,11-12,15-16H2,1H3,(H2,34,37);3-5H2,1-2H3;3-4H2,1-2H3;2H2,1H3;1H2. The summed E-state index contributed by atoms with van der Waals surface area (Å²) in [4.78, 5) is 33.7. The number of hydrogen-bond acceptors (Lipinski definition) is 6. The molecule has 6 rings (SSSR count). The van der Waals surface area contributed by atoms with Gasteiger partial charge in [-0.1, -0.05) is 71.4 Å². The number of halogens is 3. The SMILES string of the molecule is C=O.CCCCC.CCCOC.CN.COc1ccc2c(c1)C1CC1(C(N)=O)Cn1c-2c(C2CCCCC2)c2ccc(C(=O)CCC(F)(F)F)cc21. The van der Waals surface area contributed by atoms with E-state index in [2.05, 4.69) is 37.1 Å². The number of alkyl halides is 3. The number of hydrogen-bond donors (Lipinski definition) is 2. The molecule has 290 valence electrons. The Balaban J connectivity index is 0.000000580. The number of methoxy groups -OCH3 is 2. The molecule has 11 heteroatoms. The lowest BCUT2D eigenvalue weighted by Crippen LogP contribution is -2.30. The highest BCUT2D eigenvalue weighted by Crippen LogP contribution is 2.65. The van der Waals surface area contributed by atoms with E-state index in [1.54, 1.807) is 26.4 Å². The fourth-order valence-electron chi connectivity index (χ4n) is 7.46. The van der Waals surface area contributed by atoms with E-state index in [-0.39, 0.29) is 17.4 Å².